The summed E-state index contributed by atoms with van der Waals surface area (Å²) in [6, 6.07) is 5.57. The quantitative estimate of drug-likeness (QED) is 0.923. The molecule has 1 aromatic carbocycles. The van der Waals surface area contributed by atoms with Crippen molar-refractivity contribution in [3.8, 4) is 11.3 Å². The Hall–Kier alpha value is -1.03. The monoisotopic (exact) mass is 309 g/mol. The van der Waals surface area contributed by atoms with Crippen molar-refractivity contribution in [2.45, 2.75) is 26.3 Å². The number of benzene rings is 1. The fraction of sp³-hybridized carbons (Fsp3) is 0.400. The summed E-state index contributed by atoms with van der Waals surface area (Å²) in [5, 5.41) is 8.92. The largest absolute Gasteiger partial charge is 0.299 e. The zero-order valence-electron chi connectivity index (χ0n) is 11.4. The van der Waals surface area contributed by atoms with Crippen LogP contribution >= 0.6 is 23.2 Å². The molecule has 2 aromatic rings. The topological polar surface area (TPSA) is 31.9 Å². The molecule has 3 rings (SSSR count). The maximum Gasteiger partial charge on any atom is 0.0998 e. The molecule has 0 aliphatic carbocycles. The number of nitrogens with zero attached hydrogens (tertiary/aromatic N) is 2. The van der Waals surface area contributed by atoms with Crippen LogP contribution < -0.4 is 0 Å². The van der Waals surface area contributed by atoms with Crippen LogP contribution in [0.2, 0.25) is 10.0 Å². The van der Waals surface area contributed by atoms with Gasteiger partial charge in [0.2, 0.25) is 0 Å². The van der Waals surface area contributed by atoms with Crippen molar-refractivity contribution in [1.82, 2.24) is 15.1 Å². The third-order valence-corrected chi connectivity index (χ3v) is 4.38. The molecule has 1 aromatic heterocycles. The van der Waals surface area contributed by atoms with Gasteiger partial charge < -0.3 is 0 Å². The number of aromatic nitrogens is 2. The first-order valence-corrected chi connectivity index (χ1v) is 7.69. The summed E-state index contributed by atoms with van der Waals surface area (Å²) in [6.45, 7) is 5.31. The van der Waals surface area contributed by atoms with Gasteiger partial charge in [-0.2, -0.15) is 5.10 Å². The van der Waals surface area contributed by atoms with Gasteiger partial charge >= 0.3 is 0 Å². The molecule has 0 radical (unpaired) electrons. The molecule has 1 aliphatic heterocycles. The van der Waals surface area contributed by atoms with Crippen molar-refractivity contribution < 1.29 is 0 Å². The summed E-state index contributed by atoms with van der Waals surface area (Å²) in [6.07, 6.45) is 2.17. The number of H-pyrrole nitrogens is 1. The van der Waals surface area contributed by atoms with Gasteiger partial charge in [-0.05, 0) is 25.1 Å². The minimum Gasteiger partial charge on any atom is -0.299 e. The fourth-order valence-electron chi connectivity index (χ4n) is 2.79. The molecule has 0 saturated heterocycles. The average Bonchev–Trinajstić information content (AvgIpc) is 2.82. The first kappa shape index (κ1) is 13.9. The van der Waals surface area contributed by atoms with E-state index in [4.69, 9.17) is 23.2 Å². The number of halogens is 2. The zero-order chi connectivity index (χ0) is 14.1. The minimum atomic E-state index is 0.652. The molecular formula is C15H17Cl2N3. The van der Waals surface area contributed by atoms with E-state index in [1.54, 1.807) is 0 Å². The standard InChI is InChI=1S/C15H17Cl2N3/c1-2-7-20-8-6-13-10(9-20)15(19-18-13)14-11(16)4-3-5-12(14)17/h3-5H,2,6-9H2,1H3,(H,18,19). The molecule has 5 heteroatoms. The Bertz CT molecular complexity index is 601. The van der Waals surface area contributed by atoms with Crippen LogP contribution in [0.15, 0.2) is 18.2 Å². The lowest BCUT2D eigenvalue weighted by atomic mass is 10.0. The van der Waals surface area contributed by atoms with Crippen molar-refractivity contribution >= 4 is 23.2 Å². The van der Waals surface area contributed by atoms with Crippen LogP contribution in [0.5, 0.6) is 0 Å². The van der Waals surface area contributed by atoms with Crippen molar-refractivity contribution in [3.63, 3.8) is 0 Å². The molecule has 0 spiro atoms. The first-order valence-electron chi connectivity index (χ1n) is 6.93. The van der Waals surface area contributed by atoms with E-state index in [1.165, 1.54) is 11.3 Å². The highest BCUT2D eigenvalue weighted by atomic mass is 35.5. The minimum absolute atomic E-state index is 0.652. The summed E-state index contributed by atoms with van der Waals surface area (Å²) in [5.74, 6) is 0. The van der Waals surface area contributed by atoms with E-state index in [9.17, 15) is 0 Å². The lowest BCUT2D eigenvalue weighted by Gasteiger charge is -2.26. The van der Waals surface area contributed by atoms with Crippen LogP contribution in [0.1, 0.15) is 24.6 Å². The Balaban J connectivity index is 2.03. The van der Waals surface area contributed by atoms with Gasteiger partial charge in [0.15, 0.2) is 0 Å². The number of rotatable bonds is 3. The molecule has 0 saturated carbocycles. The summed E-state index contributed by atoms with van der Waals surface area (Å²) in [7, 11) is 0. The SMILES string of the molecule is CCCN1CCc2[nH]nc(-c3c(Cl)cccc3Cl)c2C1. The van der Waals surface area contributed by atoms with Crippen LogP contribution in [-0.4, -0.2) is 28.2 Å². The highest BCUT2D eigenvalue weighted by Crippen LogP contribution is 2.37. The normalized spacial score (nSPS) is 15.3. The second-order valence-corrected chi connectivity index (χ2v) is 5.97. The molecule has 106 valence electrons. The second kappa shape index (κ2) is 5.76. The van der Waals surface area contributed by atoms with Crippen LogP contribution in [-0.2, 0) is 13.0 Å². The zero-order valence-corrected chi connectivity index (χ0v) is 12.9. The van der Waals surface area contributed by atoms with E-state index >= 15 is 0 Å². The van der Waals surface area contributed by atoms with Crippen molar-refractivity contribution in [1.29, 1.82) is 0 Å². The molecule has 0 fully saturated rings. The van der Waals surface area contributed by atoms with E-state index in [1.807, 2.05) is 18.2 Å². The van der Waals surface area contributed by atoms with E-state index < -0.39 is 0 Å². The predicted octanol–water partition coefficient (Wildman–Crippen LogP) is 4.15. The van der Waals surface area contributed by atoms with Gasteiger partial charge in [0.1, 0.15) is 0 Å². The third-order valence-electron chi connectivity index (χ3n) is 3.75. The number of aromatic amines is 1. The second-order valence-electron chi connectivity index (χ2n) is 5.15. The molecule has 2 heterocycles. The van der Waals surface area contributed by atoms with E-state index in [0.717, 1.165) is 43.7 Å². The molecule has 1 aliphatic rings. The van der Waals surface area contributed by atoms with Gasteiger partial charge in [-0.25, -0.2) is 0 Å². The summed E-state index contributed by atoms with van der Waals surface area (Å²) in [4.78, 5) is 2.45. The Morgan fingerprint density at radius 3 is 2.75 bits per heavy atom. The van der Waals surface area contributed by atoms with E-state index in [-0.39, 0.29) is 0 Å². The highest BCUT2D eigenvalue weighted by Gasteiger charge is 2.24. The highest BCUT2D eigenvalue weighted by molar-refractivity contribution is 6.39. The van der Waals surface area contributed by atoms with Gasteiger partial charge in [0, 0.05) is 36.3 Å². The van der Waals surface area contributed by atoms with Crippen molar-refractivity contribution in [2.24, 2.45) is 0 Å². The number of fused-ring (bicyclic) bond motifs is 1. The van der Waals surface area contributed by atoms with Crippen molar-refractivity contribution in [2.75, 3.05) is 13.1 Å². The fourth-order valence-corrected chi connectivity index (χ4v) is 3.37. The molecule has 1 N–H and O–H groups in total. The smallest absolute Gasteiger partial charge is 0.0998 e. The summed E-state index contributed by atoms with van der Waals surface area (Å²) in [5.41, 5.74) is 4.19. The Morgan fingerprint density at radius 1 is 1.30 bits per heavy atom. The average molecular weight is 310 g/mol. The number of hydrogen-bond acceptors (Lipinski definition) is 2. The predicted molar refractivity (Wildman–Crippen MR) is 83.3 cm³/mol. The molecule has 0 bridgehead atoms. The number of nitrogens with one attached hydrogen (secondary N) is 1. The van der Waals surface area contributed by atoms with Crippen LogP contribution in [0.3, 0.4) is 0 Å². The van der Waals surface area contributed by atoms with Gasteiger partial charge in [-0.15, -0.1) is 0 Å². The van der Waals surface area contributed by atoms with Crippen LogP contribution in [0.4, 0.5) is 0 Å². The van der Waals surface area contributed by atoms with Crippen LogP contribution in [0, 0.1) is 0 Å². The molecule has 0 unspecified atom stereocenters. The molecule has 0 amide bonds. The van der Waals surface area contributed by atoms with Gasteiger partial charge in [0.25, 0.3) is 0 Å². The van der Waals surface area contributed by atoms with Gasteiger partial charge in [0.05, 0.1) is 15.7 Å². The molecular weight excluding hydrogens is 293 g/mol. The van der Waals surface area contributed by atoms with E-state index in [2.05, 4.69) is 22.0 Å². The van der Waals surface area contributed by atoms with Crippen LogP contribution in [0.25, 0.3) is 11.3 Å². The van der Waals surface area contributed by atoms with Crippen molar-refractivity contribution in [3.05, 3.63) is 39.5 Å². The maximum absolute atomic E-state index is 6.31. The summed E-state index contributed by atoms with van der Waals surface area (Å²) < 4.78 is 0. The number of hydrogen-bond donors (Lipinski definition) is 1. The Morgan fingerprint density at radius 2 is 2.05 bits per heavy atom. The molecule has 3 nitrogen and oxygen atoms in total. The maximum atomic E-state index is 6.31. The lowest BCUT2D eigenvalue weighted by Crippen LogP contribution is -2.31. The van der Waals surface area contributed by atoms with Gasteiger partial charge in [-0.1, -0.05) is 36.2 Å². The summed E-state index contributed by atoms with van der Waals surface area (Å²) >= 11 is 12.6. The molecule has 20 heavy (non-hydrogen) atoms. The molecule has 0 atom stereocenters. The van der Waals surface area contributed by atoms with E-state index in [0.29, 0.717) is 10.0 Å². The third kappa shape index (κ3) is 2.46. The van der Waals surface area contributed by atoms with Gasteiger partial charge in [-0.3, -0.25) is 10.00 Å². The first-order chi connectivity index (χ1) is 9.70. The Kier molecular flexibility index (Phi) is 4.01. The Labute approximate surface area is 128 Å². The lowest BCUT2D eigenvalue weighted by molar-refractivity contribution is 0.254.